The van der Waals surface area contributed by atoms with E-state index in [0.29, 0.717) is 34.4 Å². The summed E-state index contributed by atoms with van der Waals surface area (Å²) >= 11 is 0. The number of fused-ring (bicyclic) bond motifs is 1. The molecule has 0 unspecified atom stereocenters. The summed E-state index contributed by atoms with van der Waals surface area (Å²) in [6.45, 7) is -0.0538. The second-order valence-corrected chi connectivity index (χ2v) is 7.17. The summed E-state index contributed by atoms with van der Waals surface area (Å²) in [5.41, 5.74) is 14.7. The lowest BCUT2D eigenvalue weighted by Gasteiger charge is -2.08. The van der Waals surface area contributed by atoms with Crippen LogP contribution in [0.1, 0.15) is 0 Å². The number of imidazole rings is 1. The number of hydrogen-bond donors (Lipinski definition) is 4. The Bertz CT molecular complexity index is 1430. The predicted molar refractivity (Wildman–Crippen MR) is 124 cm³/mol. The van der Waals surface area contributed by atoms with E-state index in [1.807, 2.05) is 42.5 Å². The van der Waals surface area contributed by atoms with Crippen LogP contribution < -0.4 is 22.1 Å². The number of amides is 1. The Morgan fingerprint density at radius 2 is 1.79 bits per heavy atom. The smallest absolute Gasteiger partial charge is 0.245 e. The molecule has 33 heavy (non-hydrogen) atoms. The first kappa shape index (κ1) is 20.0. The van der Waals surface area contributed by atoms with E-state index < -0.39 is 0 Å². The van der Waals surface area contributed by atoms with Crippen LogP contribution in [-0.4, -0.2) is 30.4 Å². The SMILES string of the molecule is Nc1ccc(Nc2nc(N)nc3c2ncn3CC(=O)Nc2coc(-c3ccccc3)n2)cc1. The summed E-state index contributed by atoms with van der Waals surface area (Å²) in [6.07, 6.45) is 2.89. The molecule has 2 aromatic carbocycles. The van der Waals surface area contributed by atoms with Crippen LogP contribution >= 0.6 is 0 Å². The zero-order chi connectivity index (χ0) is 22.8. The molecule has 3 heterocycles. The topological polar surface area (TPSA) is 163 Å². The van der Waals surface area contributed by atoms with Crippen molar-refractivity contribution in [1.29, 1.82) is 0 Å². The number of anilines is 5. The summed E-state index contributed by atoms with van der Waals surface area (Å²) in [6, 6.07) is 16.6. The molecule has 5 rings (SSSR count). The number of nitrogens with one attached hydrogen (secondary N) is 2. The lowest BCUT2D eigenvalue weighted by atomic mass is 10.2. The largest absolute Gasteiger partial charge is 0.442 e. The molecule has 3 aromatic heterocycles. The predicted octanol–water partition coefficient (Wildman–Crippen LogP) is 3.03. The van der Waals surface area contributed by atoms with Crippen LogP contribution in [0.15, 0.2) is 71.6 Å². The Morgan fingerprint density at radius 1 is 1.00 bits per heavy atom. The Balaban J connectivity index is 1.34. The van der Waals surface area contributed by atoms with E-state index in [1.165, 1.54) is 12.6 Å². The number of hydrogen-bond acceptors (Lipinski definition) is 9. The highest BCUT2D eigenvalue weighted by molar-refractivity contribution is 5.92. The van der Waals surface area contributed by atoms with Gasteiger partial charge in [0.1, 0.15) is 12.8 Å². The molecule has 0 aliphatic heterocycles. The van der Waals surface area contributed by atoms with Crippen LogP contribution in [-0.2, 0) is 11.3 Å². The molecular weight excluding hydrogens is 422 g/mol. The molecule has 0 fully saturated rings. The molecule has 11 heteroatoms. The molecular formula is C22H19N9O2. The molecule has 0 saturated carbocycles. The Kier molecular flexibility index (Phi) is 5.03. The van der Waals surface area contributed by atoms with Gasteiger partial charge in [-0.3, -0.25) is 4.79 Å². The van der Waals surface area contributed by atoms with Gasteiger partial charge in [-0.05, 0) is 36.4 Å². The van der Waals surface area contributed by atoms with Crippen molar-refractivity contribution in [2.24, 2.45) is 0 Å². The highest BCUT2D eigenvalue weighted by atomic mass is 16.3. The quantitative estimate of drug-likeness (QED) is 0.290. The van der Waals surface area contributed by atoms with Crippen molar-refractivity contribution in [2.75, 3.05) is 22.1 Å². The minimum atomic E-state index is -0.326. The van der Waals surface area contributed by atoms with Crippen molar-refractivity contribution in [1.82, 2.24) is 24.5 Å². The summed E-state index contributed by atoms with van der Waals surface area (Å²) < 4.78 is 7.03. The van der Waals surface area contributed by atoms with Crippen molar-refractivity contribution < 1.29 is 9.21 Å². The van der Waals surface area contributed by atoms with Gasteiger partial charge < -0.3 is 31.1 Å². The Labute approximate surface area is 187 Å². The number of benzene rings is 2. The number of carbonyl (C=O) groups is 1. The van der Waals surface area contributed by atoms with E-state index >= 15 is 0 Å². The van der Waals surface area contributed by atoms with Gasteiger partial charge in [0.15, 0.2) is 22.8 Å². The van der Waals surface area contributed by atoms with Crippen LogP contribution in [0.25, 0.3) is 22.6 Å². The minimum absolute atomic E-state index is 0.0478. The molecule has 6 N–H and O–H groups in total. The molecule has 0 aliphatic rings. The molecule has 0 spiro atoms. The van der Waals surface area contributed by atoms with E-state index in [0.717, 1.165) is 11.3 Å². The second-order valence-electron chi connectivity index (χ2n) is 7.17. The third-order valence-corrected chi connectivity index (χ3v) is 4.76. The van der Waals surface area contributed by atoms with E-state index in [1.54, 1.807) is 16.7 Å². The molecule has 1 amide bonds. The highest BCUT2D eigenvalue weighted by Crippen LogP contribution is 2.24. The van der Waals surface area contributed by atoms with Crippen LogP contribution in [0.4, 0.5) is 29.0 Å². The van der Waals surface area contributed by atoms with Gasteiger partial charge in [0.25, 0.3) is 0 Å². The second kappa shape index (κ2) is 8.30. The van der Waals surface area contributed by atoms with Gasteiger partial charge >= 0.3 is 0 Å². The van der Waals surface area contributed by atoms with Gasteiger partial charge in [0.2, 0.25) is 17.7 Å². The van der Waals surface area contributed by atoms with Crippen molar-refractivity contribution in [3.8, 4) is 11.5 Å². The van der Waals surface area contributed by atoms with E-state index in [2.05, 4.69) is 30.6 Å². The minimum Gasteiger partial charge on any atom is -0.442 e. The summed E-state index contributed by atoms with van der Waals surface area (Å²) in [5, 5.41) is 5.87. The van der Waals surface area contributed by atoms with Crippen molar-refractivity contribution >= 4 is 46.0 Å². The normalized spacial score (nSPS) is 10.9. The van der Waals surface area contributed by atoms with E-state index in [4.69, 9.17) is 15.9 Å². The zero-order valence-corrected chi connectivity index (χ0v) is 17.3. The number of oxazole rings is 1. The summed E-state index contributed by atoms with van der Waals surface area (Å²) in [4.78, 5) is 29.8. The zero-order valence-electron chi connectivity index (χ0n) is 17.3. The van der Waals surface area contributed by atoms with Crippen molar-refractivity contribution in [2.45, 2.75) is 6.54 Å². The van der Waals surface area contributed by atoms with E-state index in [-0.39, 0.29) is 18.4 Å². The molecule has 11 nitrogen and oxygen atoms in total. The number of nitrogen functional groups attached to an aromatic ring is 2. The number of rotatable bonds is 6. The van der Waals surface area contributed by atoms with Gasteiger partial charge in [-0.1, -0.05) is 18.2 Å². The van der Waals surface area contributed by atoms with Crippen LogP contribution in [0.2, 0.25) is 0 Å². The molecule has 0 radical (unpaired) electrons. The fourth-order valence-corrected chi connectivity index (χ4v) is 3.25. The molecule has 0 bridgehead atoms. The lowest BCUT2D eigenvalue weighted by Crippen LogP contribution is -2.19. The lowest BCUT2D eigenvalue weighted by molar-refractivity contribution is -0.116. The van der Waals surface area contributed by atoms with Crippen LogP contribution in [0.5, 0.6) is 0 Å². The third-order valence-electron chi connectivity index (χ3n) is 4.76. The Hall–Kier alpha value is -4.93. The van der Waals surface area contributed by atoms with Crippen molar-refractivity contribution in [3.05, 3.63) is 67.2 Å². The maximum Gasteiger partial charge on any atom is 0.245 e. The first-order valence-corrected chi connectivity index (χ1v) is 9.97. The fraction of sp³-hybridized carbons (Fsp3) is 0.0455. The average Bonchev–Trinajstić information content (AvgIpc) is 3.43. The molecule has 0 atom stereocenters. The Morgan fingerprint density at radius 3 is 2.58 bits per heavy atom. The van der Waals surface area contributed by atoms with Gasteiger partial charge in [-0.2, -0.15) is 15.0 Å². The van der Waals surface area contributed by atoms with Gasteiger partial charge in [0, 0.05) is 16.9 Å². The first-order chi connectivity index (χ1) is 16.0. The average molecular weight is 441 g/mol. The molecule has 164 valence electrons. The monoisotopic (exact) mass is 441 g/mol. The summed E-state index contributed by atoms with van der Waals surface area (Å²) in [5.74, 6) is 0.866. The summed E-state index contributed by atoms with van der Waals surface area (Å²) in [7, 11) is 0. The third kappa shape index (κ3) is 4.28. The number of carbonyl (C=O) groups excluding carboxylic acids is 1. The van der Waals surface area contributed by atoms with E-state index in [9.17, 15) is 4.79 Å². The van der Waals surface area contributed by atoms with Gasteiger partial charge in [-0.25, -0.2) is 4.98 Å². The maximum absolute atomic E-state index is 12.6. The van der Waals surface area contributed by atoms with Crippen LogP contribution in [0, 0.1) is 0 Å². The van der Waals surface area contributed by atoms with Crippen molar-refractivity contribution in [3.63, 3.8) is 0 Å². The number of nitrogens with zero attached hydrogens (tertiary/aromatic N) is 5. The highest BCUT2D eigenvalue weighted by Gasteiger charge is 2.16. The fourth-order valence-electron chi connectivity index (χ4n) is 3.25. The number of nitrogens with two attached hydrogens (primary N) is 2. The molecule has 0 aliphatic carbocycles. The number of aromatic nitrogens is 5. The standard InChI is InChI=1S/C22H19N9O2/c23-14-6-8-15(9-7-14)26-19-18-20(30-22(24)29-19)31(12-25-18)10-17(32)27-16-11-33-21(28-16)13-4-2-1-3-5-13/h1-9,11-12H,10,23H2,(H,27,32)(H3,24,26,29,30). The first-order valence-electron chi connectivity index (χ1n) is 9.97. The van der Waals surface area contributed by atoms with Crippen LogP contribution in [0.3, 0.4) is 0 Å². The molecule has 5 aromatic rings. The molecule has 0 saturated heterocycles. The van der Waals surface area contributed by atoms with Gasteiger partial charge in [0.05, 0.1) is 6.33 Å². The maximum atomic E-state index is 12.6. The van der Waals surface area contributed by atoms with Gasteiger partial charge in [-0.15, -0.1) is 0 Å².